The first kappa shape index (κ1) is 13.2. The fraction of sp³-hybridized carbons (Fsp3) is 0.400. The van der Waals surface area contributed by atoms with E-state index in [2.05, 4.69) is 4.99 Å². The molecule has 3 nitrogen and oxygen atoms in total. The average molecular weight is 278 g/mol. The van der Waals surface area contributed by atoms with Gasteiger partial charge in [0.05, 0.1) is 18.8 Å². The van der Waals surface area contributed by atoms with Gasteiger partial charge in [-0.05, 0) is 19.1 Å². The van der Waals surface area contributed by atoms with Crippen LogP contribution in [0.3, 0.4) is 0 Å². The van der Waals surface area contributed by atoms with E-state index in [1.807, 2.05) is 6.08 Å². The third-order valence-electron chi connectivity index (χ3n) is 3.66. The van der Waals surface area contributed by atoms with E-state index in [9.17, 15) is 13.9 Å². The first-order valence-corrected chi connectivity index (χ1v) is 6.59. The molecule has 1 unspecified atom stereocenters. The molecule has 0 aromatic heterocycles. The number of aliphatic hydroxyl groups is 1. The Morgan fingerprint density at radius 2 is 2.15 bits per heavy atom. The molecular formula is C15H16F2N2O. The molecule has 1 atom stereocenters. The van der Waals surface area contributed by atoms with E-state index in [-0.39, 0.29) is 13.1 Å². The normalized spacial score (nSPS) is 21.6. The summed E-state index contributed by atoms with van der Waals surface area (Å²) in [6.07, 6.45) is 3.19. The number of hydrogen-bond acceptors (Lipinski definition) is 3. The summed E-state index contributed by atoms with van der Waals surface area (Å²) in [5, 5.41) is 10.4. The molecule has 1 fully saturated rings. The van der Waals surface area contributed by atoms with Crippen LogP contribution in [0.15, 0.2) is 35.5 Å². The molecule has 5 heteroatoms. The van der Waals surface area contributed by atoms with Crippen LogP contribution >= 0.6 is 0 Å². The fourth-order valence-electron chi connectivity index (χ4n) is 2.68. The second kappa shape index (κ2) is 4.66. The zero-order valence-electron chi connectivity index (χ0n) is 11.2. The quantitative estimate of drug-likeness (QED) is 0.923. The van der Waals surface area contributed by atoms with Crippen LogP contribution in [0.25, 0.3) is 0 Å². The lowest BCUT2D eigenvalue weighted by Crippen LogP contribution is -2.57. The molecule has 0 amide bonds. The molecule has 0 aliphatic carbocycles. The van der Waals surface area contributed by atoms with Crippen LogP contribution in [0, 0.1) is 5.82 Å². The monoisotopic (exact) mass is 278 g/mol. The lowest BCUT2D eigenvalue weighted by molar-refractivity contribution is 0.143. The molecule has 2 heterocycles. The van der Waals surface area contributed by atoms with Gasteiger partial charge in [0.25, 0.3) is 0 Å². The Balaban J connectivity index is 1.90. The second-order valence-electron chi connectivity index (χ2n) is 5.58. The van der Waals surface area contributed by atoms with Gasteiger partial charge in [-0.15, -0.1) is 0 Å². The minimum absolute atomic E-state index is 0.209. The summed E-state index contributed by atoms with van der Waals surface area (Å²) < 4.78 is 27.1. The largest absolute Gasteiger partial charge is 0.382 e. The number of aliphatic imine (C=N–C) groups is 1. The van der Waals surface area contributed by atoms with Crippen molar-refractivity contribution in [3.05, 3.63) is 41.9 Å². The summed E-state index contributed by atoms with van der Waals surface area (Å²) in [7, 11) is 0. The van der Waals surface area contributed by atoms with Gasteiger partial charge in [0.1, 0.15) is 17.6 Å². The number of nitrogens with zero attached hydrogens (tertiary/aromatic N) is 2. The summed E-state index contributed by atoms with van der Waals surface area (Å²) in [4.78, 5) is 5.85. The average Bonchev–Trinajstić information content (AvgIpc) is 2.88. The number of anilines is 1. The Morgan fingerprint density at radius 3 is 2.75 bits per heavy atom. The number of benzene rings is 1. The van der Waals surface area contributed by atoms with Crippen LogP contribution in [0.5, 0.6) is 0 Å². The Labute approximate surface area is 116 Å². The first-order chi connectivity index (χ1) is 9.46. The molecule has 0 bridgehead atoms. The Morgan fingerprint density at radius 1 is 1.40 bits per heavy atom. The third-order valence-corrected chi connectivity index (χ3v) is 3.66. The van der Waals surface area contributed by atoms with Crippen LogP contribution in [-0.4, -0.2) is 29.6 Å². The molecular weight excluding hydrogens is 262 g/mol. The molecule has 1 saturated heterocycles. The van der Waals surface area contributed by atoms with Crippen molar-refractivity contribution in [2.75, 3.05) is 18.0 Å². The van der Waals surface area contributed by atoms with Gasteiger partial charge < -0.3 is 10.0 Å². The minimum Gasteiger partial charge on any atom is -0.382 e. The molecule has 0 spiro atoms. The van der Waals surface area contributed by atoms with Crippen molar-refractivity contribution < 1.29 is 13.9 Å². The van der Waals surface area contributed by atoms with Crippen LogP contribution in [0.2, 0.25) is 0 Å². The van der Waals surface area contributed by atoms with Crippen molar-refractivity contribution in [1.82, 2.24) is 0 Å². The van der Waals surface area contributed by atoms with Crippen molar-refractivity contribution >= 4 is 11.4 Å². The van der Waals surface area contributed by atoms with Gasteiger partial charge in [-0.25, -0.2) is 8.78 Å². The van der Waals surface area contributed by atoms with Gasteiger partial charge in [0.2, 0.25) is 0 Å². The molecule has 3 rings (SSSR count). The molecule has 2 aliphatic rings. The molecule has 0 saturated carbocycles. The number of alkyl halides is 1. The van der Waals surface area contributed by atoms with Crippen molar-refractivity contribution in [3.63, 3.8) is 0 Å². The Bertz CT molecular complexity index is 588. The van der Waals surface area contributed by atoms with Gasteiger partial charge in [-0.3, -0.25) is 4.99 Å². The highest BCUT2D eigenvalue weighted by molar-refractivity contribution is 5.93. The van der Waals surface area contributed by atoms with E-state index in [1.54, 1.807) is 17.2 Å². The number of aliphatic hydroxyl groups excluding tert-OH is 1. The standard InChI is InChI=1S/C15H16F2N2O/c1-15(17)8-19(9-15)13-7-10(16)4-5-11(13)14(20)12-3-2-6-18-12/h2,4-7,14,20H,3,8-9H2,1H3. The van der Waals surface area contributed by atoms with E-state index in [4.69, 9.17) is 0 Å². The minimum atomic E-state index is -1.25. The van der Waals surface area contributed by atoms with Crippen molar-refractivity contribution in [2.24, 2.45) is 4.99 Å². The maximum atomic E-state index is 13.6. The number of rotatable bonds is 3. The zero-order chi connectivity index (χ0) is 14.3. The van der Waals surface area contributed by atoms with E-state index in [1.165, 1.54) is 19.1 Å². The van der Waals surface area contributed by atoms with Crippen molar-refractivity contribution in [3.8, 4) is 0 Å². The second-order valence-corrected chi connectivity index (χ2v) is 5.58. The summed E-state index contributed by atoms with van der Waals surface area (Å²) in [6, 6.07) is 4.19. The summed E-state index contributed by atoms with van der Waals surface area (Å²) in [6.45, 7) is 1.94. The Kier molecular flexibility index (Phi) is 3.09. The van der Waals surface area contributed by atoms with E-state index < -0.39 is 17.6 Å². The van der Waals surface area contributed by atoms with E-state index >= 15 is 0 Å². The van der Waals surface area contributed by atoms with Crippen molar-refractivity contribution in [1.29, 1.82) is 0 Å². The van der Waals surface area contributed by atoms with Gasteiger partial charge in [0, 0.05) is 23.9 Å². The SMILES string of the molecule is CC1(F)CN(c2cc(F)ccc2C(O)C2=NC=CC2)C1. The number of allylic oxidation sites excluding steroid dienone is 1. The van der Waals surface area contributed by atoms with Crippen LogP contribution in [0.1, 0.15) is 25.0 Å². The maximum absolute atomic E-state index is 13.6. The van der Waals surface area contributed by atoms with Gasteiger partial charge in [-0.1, -0.05) is 12.1 Å². The molecule has 2 aliphatic heterocycles. The third kappa shape index (κ3) is 2.33. The van der Waals surface area contributed by atoms with E-state index in [0.717, 1.165) is 0 Å². The zero-order valence-corrected chi connectivity index (χ0v) is 11.2. The van der Waals surface area contributed by atoms with Gasteiger partial charge in [-0.2, -0.15) is 0 Å². The predicted molar refractivity (Wildman–Crippen MR) is 74.3 cm³/mol. The summed E-state index contributed by atoms with van der Waals surface area (Å²) in [5.41, 5.74) is 0.494. The van der Waals surface area contributed by atoms with Gasteiger partial charge in [0.15, 0.2) is 0 Å². The first-order valence-electron chi connectivity index (χ1n) is 6.59. The summed E-state index contributed by atoms with van der Waals surface area (Å²) >= 11 is 0. The number of halogens is 2. The highest BCUT2D eigenvalue weighted by atomic mass is 19.1. The lowest BCUT2D eigenvalue weighted by Gasteiger charge is -2.45. The highest BCUT2D eigenvalue weighted by Gasteiger charge is 2.40. The van der Waals surface area contributed by atoms with Gasteiger partial charge >= 0.3 is 0 Å². The molecule has 0 radical (unpaired) electrons. The predicted octanol–water partition coefficient (Wildman–Crippen LogP) is 2.77. The molecule has 106 valence electrons. The molecule has 1 N–H and O–H groups in total. The smallest absolute Gasteiger partial charge is 0.142 e. The Hall–Kier alpha value is -1.75. The molecule has 20 heavy (non-hydrogen) atoms. The highest BCUT2D eigenvalue weighted by Crippen LogP contribution is 2.36. The summed E-state index contributed by atoms with van der Waals surface area (Å²) in [5.74, 6) is -0.394. The van der Waals surface area contributed by atoms with Crippen LogP contribution < -0.4 is 4.90 Å². The van der Waals surface area contributed by atoms with Crippen LogP contribution in [0.4, 0.5) is 14.5 Å². The van der Waals surface area contributed by atoms with E-state index in [0.29, 0.717) is 23.4 Å². The van der Waals surface area contributed by atoms with Crippen molar-refractivity contribution in [2.45, 2.75) is 25.1 Å². The maximum Gasteiger partial charge on any atom is 0.142 e. The van der Waals surface area contributed by atoms with Crippen LogP contribution in [-0.2, 0) is 0 Å². The number of hydrogen-bond donors (Lipinski definition) is 1. The lowest BCUT2D eigenvalue weighted by atomic mass is 9.94. The fourth-order valence-corrected chi connectivity index (χ4v) is 2.68. The molecule has 1 aromatic rings. The topological polar surface area (TPSA) is 35.8 Å². The molecule has 1 aromatic carbocycles.